The number of sulfone groups is 1. The average molecular weight is 407 g/mol. The van der Waals surface area contributed by atoms with E-state index in [1.165, 1.54) is 28.9 Å². The molecule has 0 spiro atoms. The van der Waals surface area contributed by atoms with E-state index in [-0.39, 0.29) is 15.5 Å². The molecule has 0 aliphatic carbocycles. The third kappa shape index (κ3) is 3.83. The molecule has 0 atom stereocenters. The lowest BCUT2D eigenvalue weighted by atomic mass is 10.2. The summed E-state index contributed by atoms with van der Waals surface area (Å²) in [5, 5.41) is 11.3. The van der Waals surface area contributed by atoms with Crippen LogP contribution in [0.4, 0.5) is 5.69 Å². The average Bonchev–Trinajstić information content (AvgIpc) is 3.01. The molecule has 9 nitrogen and oxygen atoms in total. The lowest BCUT2D eigenvalue weighted by Gasteiger charge is -2.13. The van der Waals surface area contributed by atoms with Crippen molar-refractivity contribution in [2.24, 2.45) is 0 Å². The standard InChI is InChI=1S/C16H17N5O4S2/c1-11-8-9-13(10-14(11)21-12(2)17-19-20-21)18-27(24,25)16-7-5-4-6-15(16)26(3,22)23/h4-10,18H,1-3H3. The number of hydrogen-bond donors (Lipinski definition) is 1. The fourth-order valence-corrected chi connectivity index (χ4v) is 5.22. The first-order chi connectivity index (χ1) is 12.6. The lowest BCUT2D eigenvalue weighted by Crippen LogP contribution is -2.17. The van der Waals surface area contributed by atoms with Crippen LogP contribution >= 0.6 is 0 Å². The van der Waals surface area contributed by atoms with E-state index in [1.54, 1.807) is 25.1 Å². The van der Waals surface area contributed by atoms with Gasteiger partial charge in [-0.15, -0.1) is 5.10 Å². The number of hydrogen-bond acceptors (Lipinski definition) is 7. The van der Waals surface area contributed by atoms with Crippen molar-refractivity contribution in [3.8, 4) is 5.69 Å². The van der Waals surface area contributed by atoms with Crippen LogP contribution in [0.15, 0.2) is 52.3 Å². The topological polar surface area (TPSA) is 124 Å². The zero-order valence-electron chi connectivity index (χ0n) is 14.8. The quantitative estimate of drug-likeness (QED) is 0.679. The van der Waals surface area contributed by atoms with Crippen LogP contribution in [-0.4, -0.2) is 43.3 Å². The van der Waals surface area contributed by atoms with E-state index in [2.05, 4.69) is 20.2 Å². The smallest absolute Gasteiger partial charge is 0.263 e. The third-order valence-corrected chi connectivity index (χ3v) is 6.58. The van der Waals surface area contributed by atoms with Gasteiger partial charge in [0, 0.05) is 6.26 Å². The second kappa shape index (κ2) is 6.74. The molecule has 1 heterocycles. The van der Waals surface area contributed by atoms with Crippen LogP contribution in [0.25, 0.3) is 5.69 Å². The molecule has 2 aromatic carbocycles. The molecule has 0 unspecified atom stereocenters. The van der Waals surface area contributed by atoms with Gasteiger partial charge >= 0.3 is 0 Å². The van der Waals surface area contributed by atoms with Gasteiger partial charge in [0.2, 0.25) is 0 Å². The van der Waals surface area contributed by atoms with E-state index < -0.39 is 19.9 Å². The zero-order chi connectivity index (χ0) is 19.8. The van der Waals surface area contributed by atoms with Gasteiger partial charge in [0.1, 0.15) is 4.90 Å². The number of nitrogens with one attached hydrogen (secondary N) is 1. The zero-order valence-corrected chi connectivity index (χ0v) is 16.4. The molecule has 1 aromatic heterocycles. The highest BCUT2D eigenvalue weighted by Crippen LogP contribution is 2.25. The van der Waals surface area contributed by atoms with Crippen LogP contribution in [0.2, 0.25) is 0 Å². The first kappa shape index (κ1) is 19.0. The molecule has 0 aliphatic heterocycles. The Balaban J connectivity index is 2.05. The highest BCUT2D eigenvalue weighted by molar-refractivity contribution is 7.95. The minimum Gasteiger partial charge on any atom is -0.280 e. The molecule has 0 amide bonds. The van der Waals surface area contributed by atoms with Gasteiger partial charge in [-0.3, -0.25) is 4.72 Å². The van der Waals surface area contributed by atoms with Gasteiger partial charge in [-0.25, -0.2) is 16.8 Å². The van der Waals surface area contributed by atoms with E-state index in [0.717, 1.165) is 11.8 Å². The Morgan fingerprint density at radius 2 is 1.63 bits per heavy atom. The molecule has 3 rings (SSSR count). The van der Waals surface area contributed by atoms with Crippen molar-refractivity contribution in [1.29, 1.82) is 0 Å². The number of rotatable bonds is 5. The summed E-state index contributed by atoms with van der Waals surface area (Å²) in [6.07, 6.45) is 0.964. The van der Waals surface area contributed by atoms with Gasteiger partial charge < -0.3 is 0 Å². The Bertz CT molecular complexity index is 1220. The molecule has 3 aromatic rings. The molecule has 142 valence electrons. The fourth-order valence-electron chi connectivity index (χ4n) is 2.54. The first-order valence-corrected chi connectivity index (χ1v) is 11.1. The second-order valence-corrected chi connectivity index (χ2v) is 9.60. The van der Waals surface area contributed by atoms with Gasteiger partial charge in [0.05, 0.1) is 16.3 Å². The molecule has 0 fully saturated rings. The van der Waals surface area contributed by atoms with Crippen molar-refractivity contribution >= 4 is 25.5 Å². The van der Waals surface area contributed by atoms with Gasteiger partial charge in [-0.05, 0) is 54.1 Å². The Hall–Kier alpha value is -2.79. The maximum atomic E-state index is 12.8. The Morgan fingerprint density at radius 1 is 0.963 bits per heavy atom. The molecule has 0 aliphatic rings. The maximum absolute atomic E-state index is 12.8. The summed E-state index contributed by atoms with van der Waals surface area (Å²) >= 11 is 0. The van der Waals surface area contributed by atoms with Gasteiger partial charge in [0.15, 0.2) is 15.7 Å². The van der Waals surface area contributed by atoms with E-state index in [0.29, 0.717) is 11.5 Å². The molecule has 11 heteroatoms. The molecule has 0 bridgehead atoms. The van der Waals surface area contributed by atoms with Gasteiger partial charge in [-0.2, -0.15) is 4.68 Å². The SMILES string of the molecule is Cc1ccc(NS(=O)(=O)c2ccccc2S(C)(=O)=O)cc1-n1nnnc1C. The third-order valence-electron chi connectivity index (χ3n) is 3.85. The van der Waals surface area contributed by atoms with Crippen molar-refractivity contribution in [2.45, 2.75) is 23.6 Å². The molecule has 0 saturated heterocycles. The predicted molar refractivity (Wildman–Crippen MR) is 99.0 cm³/mol. The van der Waals surface area contributed by atoms with Crippen LogP contribution in [0.3, 0.4) is 0 Å². The minimum atomic E-state index is -4.13. The Kier molecular flexibility index (Phi) is 4.74. The summed E-state index contributed by atoms with van der Waals surface area (Å²) in [7, 11) is -7.84. The number of nitrogens with zero attached hydrogens (tertiary/aromatic N) is 4. The Labute approximate surface area is 157 Å². The van der Waals surface area contributed by atoms with E-state index in [4.69, 9.17) is 0 Å². The lowest BCUT2D eigenvalue weighted by molar-refractivity contribution is 0.588. The molecule has 0 saturated carbocycles. The van der Waals surface area contributed by atoms with Crippen molar-refractivity contribution in [1.82, 2.24) is 20.2 Å². The number of sulfonamides is 1. The van der Waals surface area contributed by atoms with Crippen LogP contribution in [0.5, 0.6) is 0 Å². The molecule has 27 heavy (non-hydrogen) atoms. The number of tetrazole rings is 1. The summed E-state index contributed by atoms with van der Waals surface area (Å²) < 4.78 is 53.4. The summed E-state index contributed by atoms with van der Waals surface area (Å²) in [4.78, 5) is -0.575. The monoisotopic (exact) mass is 407 g/mol. The largest absolute Gasteiger partial charge is 0.280 e. The summed E-state index contributed by atoms with van der Waals surface area (Å²) in [6, 6.07) is 10.3. The van der Waals surface area contributed by atoms with E-state index in [1.807, 2.05) is 6.92 Å². The predicted octanol–water partition coefficient (Wildman–Crippen LogP) is 1.48. The number of aromatic nitrogens is 4. The van der Waals surface area contributed by atoms with E-state index >= 15 is 0 Å². The summed E-state index contributed by atoms with van der Waals surface area (Å²) in [5.74, 6) is 0.542. The van der Waals surface area contributed by atoms with Crippen LogP contribution < -0.4 is 4.72 Å². The van der Waals surface area contributed by atoms with Crippen molar-refractivity contribution in [3.63, 3.8) is 0 Å². The number of aryl methyl sites for hydroxylation is 2. The molecule has 0 radical (unpaired) electrons. The maximum Gasteiger partial charge on any atom is 0.263 e. The highest BCUT2D eigenvalue weighted by Gasteiger charge is 2.24. The minimum absolute atomic E-state index is 0.258. The highest BCUT2D eigenvalue weighted by atomic mass is 32.2. The summed E-state index contributed by atoms with van der Waals surface area (Å²) in [6.45, 7) is 3.56. The Morgan fingerprint density at radius 3 is 2.22 bits per heavy atom. The number of anilines is 1. The molecule has 1 N–H and O–H groups in total. The van der Waals surface area contributed by atoms with Crippen LogP contribution in [-0.2, 0) is 19.9 Å². The fraction of sp³-hybridized carbons (Fsp3) is 0.188. The van der Waals surface area contributed by atoms with Crippen LogP contribution in [0, 0.1) is 13.8 Å². The molecular formula is C16H17N5O4S2. The van der Waals surface area contributed by atoms with Gasteiger partial charge in [-0.1, -0.05) is 18.2 Å². The first-order valence-electron chi connectivity index (χ1n) is 7.77. The van der Waals surface area contributed by atoms with Crippen LogP contribution in [0.1, 0.15) is 11.4 Å². The molecular weight excluding hydrogens is 390 g/mol. The van der Waals surface area contributed by atoms with Gasteiger partial charge in [0.25, 0.3) is 10.0 Å². The van der Waals surface area contributed by atoms with Crippen molar-refractivity contribution < 1.29 is 16.8 Å². The van der Waals surface area contributed by atoms with E-state index in [9.17, 15) is 16.8 Å². The van der Waals surface area contributed by atoms with Crippen molar-refractivity contribution in [3.05, 3.63) is 53.9 Å². The number of benzene rings is 2. The van der Waals surface area contributed by atoms with Crippen molar-refractivity contribution in [2.75, 3.05) is 11.0 Å². The summed E-state index contributed by atoms with van der Waals surface area (Å²) in [5.41, 5.74) is 1.70. The second-order valence-electron chi connectivity index (χ2n) is 5.96. The normalized spacial score (nSPS) is 12.1.